The minimum absolute atomic E-state index is 0.0956. The van der Waals surface area contributed by atoms with E-state index < -0.39 is 6.04 Å². The van der Waals surface area contributed by atoms with E-state index in [1.54, 1.807) is 14.2 Å². The number of oxazole rings is 1. The number of aromatic nitrogens is 1. The van der Waals surface area contributed by atoms with Gasteiger partial charge in [0.2, 0.25) is 5.96 Å². The number of nitrogens with one attached hydrogen (secondary N) is 2. The quantitative estimate of drug-likeness (QED) is 0.604. The molecular weight excluding hydrogens is 420 g/mol. The van der Waals surface area contributed by atoms with Gasteiger partial charge in [0, 0.05) is 17.7 Å². The van der Waals surface area contributed by atoms with Crippen molar-refractivity contribution < 1.29 is 18.7 Å². The lowest BCUT2D eigenvalue weighted by Gasteiger charge is -2.37. The standard InChI is InChI=1S/C25H26N4O4/c1-25(2)12-16-21(17(30)13-25)22(14-9-10-19(31-3)20(11-14)32-4)28-23(26-16)29-24-27-15-7-5-6-8-18(15)33-24/h5-11,22H,12-13H2,1-4H3,(H2,26,27,28,29)/t22-/m1/s1. The molecule has 1 aliphatic carbocycles. The van der Waals surface area contributed by atoms with Crippen molar-refractivity contribution in [1.82, 2.24) is 10.3 Å². The first-order valence-corrected chi connectivity index (χ1v) is 10.8. The number of carbonyl (C=O) groups is 1. The number of ether oxygens (including phenoxy) is 2. The van der Waals surface area contributed by atoms with E-state index >= 15 is 0 Å². The first-order chi connectivity index (χ1) is 15.9. The molecule has 0 saturated carbocycles. The molecule has 0 bridgehead atoms. The maximum atomic E-state index is 13.2. The number of ketones is 1. The third-order valence-corrected chi connectivity index (χ3v) is 5.96. The van der Waals surface area contributed by atoms with Crippen molar-refractivity contribution in [2.75, 3.05) is 19.5 Å². The second-order valence-corrected chi connectivity index (χ2v) is 9.06. The van der Waals surface area contributed by atoms with E-state index in [1.165, 1.54) is 0 Å². The number of Topliss-reactive ketones (excluding diaryl/α,β-unsaturated/α-hetero) is 1. The van der Waals surface area contributed by atoms with Gasteiger partial charge in [-0.05, 0) is 41.7 Å². The predicted octanol–water partition coefficient (Wildman–Crippen LogP) is 4.60. The van der Waals surface area contributed by atoms with Crippen LogP contribution in [0, 0.1) is 5.41 Å². The average Bonchev–Trinajstić information content (AvgIpc) is 3.19. The summed E-state index contributed by atoms with van der Waals surface area (Å²) in [7, 11) is 3.18. The van der Waals surface area contributed by atoms with Crippen LogP contribution in [0.3, 0.4) is 0 Å². The monoisotopic (exact) mass is 446 g/mol. The minimum Gasteiger partial charge on any atom is -0.493 e. The van der Waals surface area contributed by atoms with Gasteiger partial charge in [0.15, 0.2) is 22.9 Å². The number of rotatable bonds is 4. The molecule has 0 amide bonds. The van der Waals surface area contributed by atoms with E-state index in [2.05, 4.69) is 29.5 Å². The van der Waals surface area contributed by atoms with E-state index in [0.29, 0.717) is 41.1 Å². The molecule has 1 aromatic heterocycles. The van der Waals surface area contributed by atoms with Gasteiger partial charge in [0.25, 0.3) is 0 Å². The molecule has 1 aliphatic heterocycles. The Kier molecular flexibility index (Phi) is 5.08. The second kappa shape index (κ2) is 7.95. The Labute approximate surface area is 191 Å². The van der Waals surface area contributed by atoms with Crippen LogP contribution in [0.5, 0.6) is 11.5 Å². The maximum Gasteiger partial charge on any atom is 0.302 e. The summed E-state index contributed by atoms with van der Waals surface area (Å²) in [5.41, 5.74) is 3.68. The van der Waals surface area contributed by atoms with Crippen molar-refractivity contribution >= 4 is 28.9 Å². The number of carbonyl (C=O) groups excluding carboxylic acids is 1. The molecule has 3 aromatic rings. The topological polar surface area (TPSA) is 98.0 Å². The van der Waals surface area contributed by atoms with Gasteiger partial charge in [-0.25, -0.2) is 4.99 Å². The minimum atomic E-state index is -0.489. The molecule has 170 valence electrons. The van der Waals surface area contributed by atoms with Crippen LogP contribution >= 0.6 is 0 Å². The third kappa shape index (κ3) is 3.92. The summed E-state index contributed by atoms with van der Waals surface area (Å²) in [6, 6.07) is 13.0. The Morgan fingerprint density at radius 2 is 1.88 bits per heavy atom. The van der Waals surface area contributed by atoms with Crippen LogP contribution in [0.2, 0.25) is 0 Å². The van der Waals surface area contributed by atoms with Crippen molar-refractivity contribution in [3.05, 3.63) is 59.3 Å². The normalized spacial score (nSPS) is 19.6. The van der Waals surface area contributed by atoms with Crippen LogP contribution in [0.25, 0.3) is 11.1 Å². The highest BCUT2D eigenvalue weighted by molar-refractivity contribution is 6.03. The Morgan fingerprint density at radius 3 is 2.64 bits per heavy atom. The highest BCUT2D eigenvalue weighted by atomic mass is 16.5. The van der Waals surface area contributed by atoms with Gasteiger partial charge in [-0.15, -0.1) is 0 Å². The highest BCUT2D eigenvalue weighted by Crippen LogP contribution is 2.44. The summed E-state index contributed by atoms with van der Waals surface area (Å²) < 4.78 is 16.7. The molecule has 0 unspecified atom stereocenters. The highest BCUT2D eigenvalue weighted by Gasteiger charge is 2.39. The Hall–Kier alpha value is -3.81. The molecule has 0 radical (unpaired) electrons. The van der Waals surface area contributed by atoms with Crippen molar-refractivity contribution in [2.45, 2.75) is 32.7 Å². The summed E-state index contributed by atoms with van der Waals surface area (Å²) in [6.45, 7) is 4.20. The number of benzene rings is 2. The van der Waals surface area contributed by atoms with Crippen LogP contribution < -0.4 is 20.1 Å². The molecule has 0 spiro atoms. The number of guanidine groups is 1. The molecular formula is C25H26N4O4. The van der Waals surface area contributed by atoms with Gasteiger partial charge >= 0.3 is 6.01 Å². The number of nitrogens with zero attached hydrogens (tertiary/aromatic N) is 2. The lowest BCUT2D eigenvalue weighted by Crippen LogP contribution is -2.41. The molecule has 8 nitrogen and oxygen atoms in total. The van der Waals surface area contributed by atoms with Crippen molar-refractivity contribution in [1.29, 1.82) is 0 Å². The molecule has 8 heteroatoms. The van der Waals surface area contributed by atoms with Gasteiger partial charge in [-0.1, -0.05) is 32.0 Å². The van der Waals surface area contributed by atoms with E-state index in [0.717, 1.165) is 23.2 Å². The summed E-state index contributed by atoms with van der Waals surface area (Å²) in [4.78, 5) is 22.5. The summed E-state index contributed by atoms with van der Waals surface area (Å²) >= 11 is 0. The van der Waals surface area contributed by atoms with Crippen LogP contribution in [0.15, 0.2) is 63.1 Å². The number of hydrogen-bond donors (Lipinski definition) is 2. The van der Waals surface area contributed by atoms with Crippen molar-refractivity contribution in [3.63, 3.8) is 0 Å². The number of allylic oxidation sites excluding steroid dienone is 1. The number of para-hydroxylation sites is 2. The number of anilines is 1. The van der Waals surface area contributed by atoms with Gasteiger partial charge in [-0.2, -0.15) is 4.98 Å². The van der Waals surface area contributed by atoms with E-state index in [1.807, 2.05) is 42.5 Å². The van der Waals surface area contributed by atoms with Gasteiger partial charge in [0.05, 0.1) is 14.2 Å². The lowest BCUT2D eigenvalue weighted by atomic mass is 9.73. The molecule has 2 aromatic carbocycles. The van der Waals surface area contributed by atoms with Crippen LogP contribution in [-0.2, 0) is 4.79 Å². The van der Waals surface area contributed by atoms with Gasteiger partial charge in [0.1, 0.15) is 11.6 Å². The molecule has 0 saturated heterocycles. The van der Waals surface area contributed by atoms with E-state index in [4.69, 9.17) is 18.9 Å². The lowest BCUT2D eigenvalue weighted by molar-refractivity contribution is -0.118. The second-order valence-electron chi connectivity index (χ2n) is 9.06. The molecule has 0 fully saturated rings. The Bertz CT molecular complexity index is 1270. The summed E-state index contributed by atoms with van der Waals surface area (Å²) in [6.07, 6.45) is 1.20. The average molecular weight is 447 g/mol. The fraction of sp³-hybridized carbons (Fsp3) is 0.320. The largest absolute Gasteiger partial charge is 0.493 e. The number of methoxy groups -OCH3 is 2. The number of fused-ring (bicyclic) bond motifs is 1. The predicted molar refractivity (Wildman–Crippen MR) is 126 cm³/mol. The van der Waals surface area contributed by atoms with E-state index in [9.17, 15) is 4.79 Å². The van der Waals surface area contributed by atoms with E-state index in [-0.39, 0.29) is 11.2 Å². The summed E-state index contributed by atoms with van der Waals surface area (Å²) in [5, 5.41) is 6.48. The molecule has 2 heterocycles. The van der Waals surface area contributed by atoms with Crippen molar-refractivity contribution in [2.24, 2.45) is 10.4 Å². The SMILES string of the molecule is COc1ccc([C@H]2N=C(Nc3nc4ccccc4o3)NC3=C2C(=O)CC(C)(C)C3)cc1OC. The fourth-order valence-electron chi connectivity index (χ4n) is 4.49. The first kappa shape index (κ1) is 21.1. The van der Waals surface area contributed by atoms with Gasteiger partial charge in [-0.3, -0.25) is 10.1 Å². The van der Waals surface area contributed by atoms with Crippen LogP contribution in [-0.4, -0.2) is 30.9 Å². The number of aliphatic imine (C=N–C) groups is 1. The smallest absolute Gasteiger partial charge is 0.302 e. The molecule has 5 rings (SSSR count). The molecule has 2 N–H and O–H groups in total. The first-order valence-electron chi connectivity index (χ1n) is 10.8. The fourth-order valence-corrected chi connectivity index (χ4v) is 4.49. The van der Waals surface area contributed by atoms with Crippen LogP contribution in [0.4, 0.5) is 6.01 Å². The summed E-state index contributed by atoms with van der Waals surface area (Å²) in [5.74, 6) is 1.78. The number of hydrogen-bond acceptors (Lipinski definition) is 8. The maximum absolute atomic E-state index is 13.2. The molecule has 2 aliphatic rings. The van der Waals surface area contributed by atoms with Gasteiger partial charge < -0.3 is 19.2 Å². The zero-order chi connectivity index (χ0) is 23.2. The Morgan fingerprint density at radius 1 is 1.09 bits per heavy atom. The molecule has 33 heavy (non-hydrogen) atoms. The van der Waals surface area contributed by atoms with Crippen molar-refractivity contribution in [3.8, 4) is 11.5 Å². The van der Waals surface area contributed by atoms with Crippen LogP contribution in [0.1, 0.15) is 38.3 Å². The Balaban J connectivity index is 1.56. The molecule has 1 atom stereocenters. The third-order valence-electron chi connectivity index (χ3n) is 5.96. The zero-order valence-corrected chi connectivity index (χ0v) is 19.1. The zero-order valence-electron chi connectivity index (χ0n) is 19.1.